The minimum absolute atomic E-state index is 0.0349. The number of phosphoric ester groups is 1. The minimum atomic E-state index is -4.79. The highest BCUT2D eigenvalue weighted by Crippen LogP contribution is 2.38. The van der Waals surface area contributed by atoms with E-state index in [1.165, 1.54) is 18.6 Å². The van der Waals surface area contributed by atoms with Gasteiger partial charge in [-0.15, -0.1) is 0 Å². The minimum Gasteiger partial charge on any atom is -0.390 e. The summed E-state index contributed by atoms with van der Waals surface area (Å²) in [7, 11) is 1.70. The Morgan fingerprint density at radius 1 is 1.22 bits per heavy atom. The largest absolute Gasteiger partial charge is 0.469 e. The second-order valence-electron chi connectivity index (χ2n) is 11.6. The van der Waals surface area contributed by atoms with Gasteiger partial charge in [-0.1, -0.05) is 0 Å². The lowest BCUT2D eigenvalue weighted by molar-refractivity contribution is -0.870. The SMILES string of the molecule is C[N+](C)(C)CCCCn1cnc2c(NCCNC(=O)/C=C/c3cn(C4CC(O)C(COP(=O)(O)O)O4)c(=O)[nH]c3=O)ncnc21. The number of aliphatic hydroxyl groups is 1. The number of ether oxygens (including phenoxy) is 1. The molecule has 1 aliphatic heterocycles. The van der Waals surface area contributed by atoms with Crippen LogP contribution < -0.4 is 21.9 Å². The molecule has 45 heavy (non-hydrogen) atoms. The summed E-state index contributed by atoms with van der Waals surface area (Å²) < 4.78 is 24.8. The molecule has 18 nitrogen and oxygen atoms in total. The number of aliphatic hydroxyl groups excluding tert-OH is 1. The monoisotopic (exact) mass is 652 g/mol. The van der Waals surface area contributed by atoms with Gasteiger partial charge in [-0.3, -0.25) is 23.7 Å². The highest BCUT2D eigenvalue weighted by molar-refractivity contribution is 7.46. The second kappa shape index (κ2) is 14.6. The third-order valence-electron chi connectivity index (χ3n) is 6.93. The summed E-state index contributed by atoms with van der Waals surface area (Å²) in [6.45, 7) is 1.82. The average molecular weight is 653 g/mol. The summed E-state index contributed by atoms with van der Waals surface area (Å²) in [5.74, 6) is 0.0422. The lowest BCUT2D eigenvalue weighted by atomic mass is 10.2. The first kappa shape index (κ1) is 34.1. The van der Waals surface area contributed by atoms with Crippen LogP contribution in [0.3, 0.4) is 0 Å². The number of nitrogens with one attached hydrogen (secondary N) is 3. The highest BCUT2D eigenvalue weighted by Gasteiger charge is 2.37. The van der Waals surface area contributed by atoms with Gasteiger partial charge in [0.15, 0.2) is 11.5 Å². The van der Waals surface area contributed by atoms with E-state index in [-0.39, 0.29) is 18.5 Å². The van der Waals surface area contributed by atoms with Gasteiger partial charge in [0.25, 0.3) is 5.56 Å². The van der Waals surface area contributed by atoms with Crippen LogP contribution >= 0.6 is 7.82 Å². The number of anilines is 1. The number of H-pyrrole nitrogens is 1. The number of nitrogens with zero attached hydrogens (tertiary/aromatic N) is 6. The number of amides is 1. The molecule has 6 N–H and O–H groups in total. The highest BCUT2D eigenvalue weighted by atomic mass is 31.2. The van der Waals surface area contributed by atoms with E-state index in [0.717, 1.165) is 46.7 Å². The van der Waals surface area contributed by atoms with Gasteiger partial charge in [-0.05, 0) is 18.9 Å². The fourth-order valence-corrected chi connectivity index (χ4v) is 5.01. The van der Waals surface area contributed by atoms with Gasteiger partial charge in [-0.25, -0.2) is 24.3 Å². The van der Waals surface area contributed by atoms with Crippen molar-refractivity contribution in [3.05, 3.63) is 51.3 Å². The Morgan fingerprint density at radius 3 is 2.73 bits per heavy atom. The maximum Gasteiger partial charge on any atom is 0.469 e. The third kappa shape index (κ3) is 9.86. The molecule has 0 aliphatic carbocycles. The third-order valence-corrected chi connectivity index (χ3v) is 7.41. The number of aromatic nitrogens is 6. The summed E-state index contributed by atoms with van der Waals surface area (Å²) in [6, 6.07) is 0. The van der Waals surface area contributed by atoms with E-state index in [1.54, 1.807) is 6.33 Å². The molecule has 4 rings (SSSR count). The number of unbranched alkanes of at least 4 members (excludes halogenated alkanes) is 1. The number of quaternary nitrogens is 1. The van der Waals surface area contributed by atoms with Crippen molar-refractivity contribution in [2.24, 2.45) is 0 Å². The zero-order valence-corrected chi connectivity index (χ0v) is 26.1. The van der Waals surface area contributed by atoms with Gasteiger partial charge in [0.05, 0.1) is 52.3 Å². The molecule has 1 amide bonds. The number of phosphoric acid groups is 1. The molecule has 4 heterocycles. The van der Waals surface area contributed by atoms with Gasteiger partial charge in [0.2, 0.25) is 5.91 Å². The number of rotatable bonds is 15. The predicted octanol–water partition coefficient (Wildman–Crippen LogP) is -0.838. The van der Waals surface area contributed by atoms with E-state index in [9.17, 15) is 24.1 Å². The van der Waals surface area contributed by atoms with E-state index in [0.29, 0.717) is 17.9 Å². The van der Waals surface area contributed by atoms with E-state index < -0.39 is 50.0 Å². The van der Waals surface area contributed by atoms with E-state index >= 15 is 0 Å². The van der Waals surface area contributed by atoms with E-state index in [1.807, 2.05) is 4.57 Å². The van der Waals surface area contributed by atoms with Crippen molar-refractivity contribution >= 4 is 36.8 Å². The fraction of sp³-hybridized carbons (Fsp3) is 0.538. The van der Waals surface area contributed by atoms with Gasteiger partial charge in [0, 0.05) is 38.3 Å². The van der Waals surface area contributed by atoms with Crippen LogP contribution in [0.1, 0.15) is 31.1 Å². The molecule has 1 saturated heterocycles. The molecule has 0 aromatic carbocycles. The zero-order valence-electron chi connectivity index (χ0n) is 25.2. The quantitative estimate of drug-likeness (QED) is 0.0509. The summed E-state index contributed by atoms with van der Waals surface area (Å²) in [5.41, 5.74) is -0.261. The van der Waals surface area contributed by atoms with Crippen molar-refractivity contribution < 1.29 is 38.0 Å². The lowest BCUT2D eigenvalue weighted by Gasteiger charge is -2.23. The summed E-state index contributed by atoms with van der Waals surface area (Å²) in [5, 5.41) is 16.0. The standard InChI is InChI=1S/C26H38N9O9P/c1-35(2,3)11-5-4-10-33-16-31-22-23(29-15-30-24(22)33)28-9-8-27-20(37)7-6-17-13-34(26(39)32-25(17)38)21-12-18(36)19(44-21)14-43-45(40,41)42/h6-7,13,15-16,18-19,21,36H,4-5,8-12,14H2,1-3H3,(H4-,27,28,29,30,32,37,38,39,40,41,42)/p+1/b7-6+. The first-order chi connectivity index (χ1) is 21.2. The van der Waals surface area contributed by atoms with Crippen LogP contribution in [0.5, 0.6) is 0 Å². The molecule has 1 fully saturated rings. The molecule has 3 unspecified atom stereocenters. The van der Waals surface area contributed by atoms with Gasteiger partial charge < -0.3 is 39.3 Å². The smallest absolute Gasteiger partial charge is 0.390 e. The van der Waals surface area contributed by atoms with Crippen LogP contribution in [0.2, 0.25) is 0 Å². The van der Waals surface area contributed by atoms with Crippen LogP contribution in [-0.4, -0.2) is 114 Å². The number of fused-ring (bicyclic) bond motifs is 1. The molecular formula is C26H39N9O9P+. The molecule has 3 aromatic heterocycles. The fourth-order valence-electron chi connectivity index (χ4n) is 4.67. The first-order valence-corrected chi connectivity index (χ1v) is 15.8. The Balaban J connectivity index is 1.28. The van der Waals surface area contributed by atoms with Crippen molar-refractivity contribution in [2.75, 3.05) is 52.7 Å². The van der Waals surface area contributed by atoms with Crippen molar-refractivity contribution in [3.63, 3.8) is 0 Å². The molecule has 0 saturated carbocycles. The number of hydrogen-bond donors (Lipinski definition) is 6. The second-order valence-corrected chi connectivity index (χ2v) is 12.8. The van der Waals surface area contributed by atoms with Crippen LogP contribution in [0, 0.1) is 0 Å². The Bertz CT molecular complexity index is 1670. The van der Waals surface area contributed by atoms with Crippen molar-refractivity contribution in [2.45, 2.75) is 44.2 Å². The maximum absolute atomic E-state index is 12.4. The van der Waals surface area contributed by atoms with Crippen molar-refractivity contribution in [3.8, 4) is 0 Å². The Labute approximate surface area is 257 Å². The molecule has 0 bridgehead atoms. The predicted molar refractivity (Wildman–Crippen MR) is 162 cm³/mol. The normalized spacial score (nSPS) is 19.0. The maximum atomic E-state index is 12.4. The summed E-state index contributed by atoms with van der Waals surface area (Å²) >= 11 is 0. The summed E-state index contributed by atoms with van der Waals surface area (Å²) in [4.78, 5) is 70.1. The Morgan fingerprint density at radius 2 is 2.00 bits per heavy atom. The lowest BCUT2D eigenvalue weighted by Crippen LogP contribution is -2.35. The molecule has 0 spiro atoms. The van der Waals surface area contributed by atoms with Gasteiger partial charge in [0.1, 0.15) is 24.2 Å². The van der Waals surface area contributed by atoms with E-state index in [2.05, 4.69) is 56.2 Å². The van der Waals surface area contributed by atoms with Crippen molar-refractivity contribution in [1.29, 1.82) is 0 Å². The number of imidazole rings is 1. The van der Waals surface area contributed by atoms with Gasteiger partial charge >= 0.3 is 13.5 Å². The van der Waals surface area contributed by atoms with Crippen LogP contribution in [0.15, 0.2) is 34.5 Å². The molecule has 0 radical (unpaired) electrons. The van der Waals surface area contributed by atoms with Gasteiger partial charge in [-0.2, -0.15) is 0 Å². The molecule has 3 aromatic rings. The molecule has 246 valence electrons. The summed E-state index contributed by atoms with van der Waals surface area (Å²) in [6.07, 6.45) is 5.34. The number of aromatic amines is 1. The molecule has 19 heteroatoms. The number of aryl methyl sites for hydroxylation is 1. The van der Waals surface area contributed by atoms with Crippen LogP contribution in [0.25, 0.3) is 17.2 Å². The number of carbonyl (C=O) groups excluding carboxylic acids is 1. The Kier molecular flexibility index (Phi) is 11.0. The van der Waals surface area contributed by atoms with Crippen molar-refractivity contribution in [1.82, 2.24) is 34.4 Å². The topological polar surface area (TPSA) is 236 Å². The van der Waals surface area contributed by atoms with Crippen LogP contribution in [-0.2, 0) is 25.2 Å². The Hall–Kier alpha value is -3.77. The molecule has 3 atom stereocenters. The van der Waals surface area contributed by atoms with Crippen LogP contribution in [0.4, 0.5) is 5.82 Å². The first-order valence-electron chi connectivity index (χ1n) is 14.3. The average Bonchev–Trinajstić information content (AvgIpc) is 3.54. The molecule has 1 aliphatic rings. The number of carbonyl (C=O) groups is 1. The zero-order chi connectivity index (χ0) is 32.8. The van der Waals surface area contributed by atoms with E-state index in [4.69, 9.17) is 14.5 Å². The number of hydrogen-bond acceptors (Lipinski definition) is 11. The molecular weight excluding hydrogens is 613 g/mol.